The number of pyridine rings is 1. The Morgan fingerprint density at radius 2 is 2.25 bits per heavy atom. The molecule has 2 aliphatic rings. The van der Waals surface area contributed by atoms with Crippen molar-refractivity contribution >= 4 is 5.95 Å². The first-order valence-corrected chi connectivity index (χ1v) is 8.39. The third-order valence-electron chi connectivity index (χ3n) is 4.95. The molecule has 24 heavy (non-hydrogen) atoms. The van der Waals surface area contributed by atoms with Gasteiger partial charge in [0.25, 0.3) is 0 Å². The number of rotatable bonds is 3. The van der Waals surface area contributed by atoms with E-state index in [-0.39, 0.29) is 5.41 Å². The summed E-state index contributed by atoms with van der Waals surface area (Å²) >= 11 is 0. The van der Waals surface area contributed by atoms with Crippen molar-refractivity contribution in [1.82, 2.24) is 19.9 Å². The van der Waals surface area contributed by atoms with Gasteiger partial charge in [0.2, 0.25) is 5.95 Å². The van der Waals surface area contributed by atoms with Crippen molar-refractivity contribution in [2.24, 2.45) is 0 Å². The van der Waals surface area contributed by atoms with Crippen LogP contribution in [0.5, 0.6) is 0 Å². The molecule has 2 aromatic heterocycles. The summed E-state index contributed by atoms with van der Waals surface area (Å²) in [5, 5.41) is 0. The van der Waals surface area contributed by atoms with Crippen LogP contribution in [0.25, 0.3) is 0 Å². The first kappa shape index (κ1) is 15.5. The molecule has 0 aromatic carbocycles. The van der Waals surface area contributed by atoms with Gasteiger partial charge < -0.3 is 9.64 Å². The van der Waals surface area contributed by atoms with Gasteiger partial charge >= 0.3 is 0 Å². The van der Waals surface area contributed by atoms with Gasteiger partial charge in [-0.05, 0) is 24.6 Å². The zero-order valence-electron chi connectivity index (χ0n) is 14.3. The molecule has 1 fully saturated rings. The molecule has 1 atom stereocenters. The van der Waals surface area contributed by atoms with Gasteiger partial charge in [-0.2, -0.15) is 0 Å². The van der Waals surface area contributed by atoms with Gasteiger partial charge in [0.1, 0.15) is 0 Å². The summed E-state index contributed by atoms with van der Waals surface area (Å²) in [6.07, 6.45) is 6.77. The average molecular weight is 325 g/mol. The number of aromatic nitrogens is 3. The van der Waals surface area contributed by atoms with Gasteiger partial charge in [0.15, 0.2) is 0 Å². The van der Waals surface area contributed by atoms with Crippen LogP contribution in [0.15, 0.2) is 30.7 Å². The SMILES string of the molecule is CN(C)c1ncc2c(n1)C1(CCN(Cc3cccnc3)C1)COC2. The second-order valence-corrected chi connectivity index (χ2v) is 7.03. The van der Waals surface area contributed by atoms with Crippen LogP contribution >= 0.6 is 0 Å². The summed E-state index contributed by atoms with van der Waals surface area (Å²) in [5.74, 6) is 0.778. The van der Waals surface area contributed by atoms with E-state index in [9.17, 15) is 0 Å². The van der Waals surface area contributed by atoms with Crippen LogP contribution < -0.4 is 4.90 Å². The van der Waals surface area contributed by atoms with E-state index < -0.39 is 0 Å². The minimum absolute atomic E-state index is 0.0104. The summed E-state index contributed by atoms with van der Waals surface area (Å²) in [6, 6.07) is 4.13. The van der Waals surface area contributed by atoms with E-state index in [1.807, 2.05) is 43.7 Å². The molecule has 0 N–H and O–H groups in total. The van der Waals surface area contributed by atoms with E-state index >= 15 is 0 Å². The smallest absolute Gasteiger partial charge is 0.225 e. The lowest BCUT2D eigenvalue weighted by molar-refractivity contribution is 0.0503. The molecule has 0 aliphatic carbocycles. The van der Waals surface area contributed by atoms with E-state index in [2.05, 4.69) is 20.9 Å². The third-order valence-corrected chi connectivity index (χ3v) is 4.95. The second kappa shape index (κ2) is 6.11. The van der Waals surface area contributed by atoms with E-state index in [0.29, 0.717) is 6.61 Å². The lowest BCUT2D eigenvalue weighted by Gasteiger charge is -2.34. The second-order valence-electron chi connectivity index (χ2n) is 7.03. The van der Waals surface area contributed by atoms with Crippen molar-refractivity contribution in [2.75, 3.05) is 38.7 Å². The predicted molar refractivity (Wildman–Crippen MR) is 91.8 cm³/mol. The highest BCUT2D eigenvalue weighted by atomic mass is 16.5. The van der Waals surface area contributed by atoms with Gasteiger partial charge in [-0.1, -0.05) is 6.07 Å². The third kappa shape index (κ3) is 2.76. The monoisotopic (exact) mass is 325 g/mol. The van der Waals surface area contributed by atoms with Gasteiger partial charge in [-0.3, -0.25) is 9.88 Å². The molecule has 4 rings (SSSR count). The Labute approximate surface area is 142 Å². The van der Waals surface area contributed by atoms with E-state index in [1.54, 1.807) is 0 Å². The van der Waals surface area contributed by atoms with Crippen molar-refractivity contribution < 1.29 is 4.74 Å². The van der Waals surface area contributed by atoms with Gasteiger partial charge in [-0.25, -0.2) is 9.97 Å². The molecule has 0 amide bonds. The van der Waals surface area contributed by atoms with Crippen molar-refractivity contribution in [3.05, 3.63) is 47.5 Å². The number of hydrogen-bond donors (Lipinski definition) is 0. The normalized spacial score (nSPS) is 23.4. The summed E-state index contributed by atoms with van der Waals surface area (Å²) in [6.45, 7) is 4.31. The van der Waals surface area contributed by atoms with Crippen molar-refractivity contribution in [3.63, 3.8) is 0 Å². The Bertz CT molecular complexity index is 721. The summed E-state index contributed by atoms with van der Waals surface area (Å²) in [5.41, 5.74) is 3.56. The van der Waals surface area contributed by atoms with E-state index in [1.165, 1.54) is 11.3 Å². The molecule has 1 spiro atoms. The van der Waals surface area contributed by atoms with Gasteiger partial charge in [-0.15, -0.1) is 0 Å². The number of fused-ring (bicyclic) bond motifs is 2. The zero-order chi connectivity index (χ0) is 16.6. The molecule has 126 valence electrons. The summed E-state index contributed by atoms with van der Waals surface area (Å²) in [4.78, 5) is 18.0. The molecule has 0 bridgehead atoms. The van der Waals surface area contributed by atoms with Gasteiger partial charge in [0, 0.05) is 51.3 Å². The molecule has 0 radical (unpaired) electrons. The highest BCUT2D eigenvalue weighted by Gasteiger charge is 2.44. The topological polar surface area (TPSA) is 54.4 Å². The van der Waals surface area contributed by atoms with Crippen molar-refractivity contribution in [3.8, 4) is 0 Å². The fourth-order valence-electron chi connectivity index (χ4n) is 3.76. The van der Waals surface area contributed by atoms with Crippen molar-refractivity contribution in [1.29, 1.82) is 0 Å². The van der Waals surface area contributed by atoms with Gasteiger partial charge in [0.05, 0.1) is 24.3 Å². The van der Waals surface area contributed by atoms with Crippen LogP contribution in [0.2, 0.25) is 0 Å². The van der Waals surface area contributed by atoms with Crippen LogP contribution in [0.3, 0.4) is 0 Å². The number of ether oxygens (including phenoxy) is 1. The maximum atomic E-state index is 5.90. The molecule has 2 aromatic rings. The first-order valence-electron chi connectivity index (χ1n) is 8.39. The highest BCUT2D eigenvalue weighted by molar-refractivity contribution is 5.37. The average Bonchev–Trinajstić information content (AvgIpc) is 2.99. The summed E-state index contributed by atoms with van der Waals surface area (Å²) < 4.78 is 5.90. The number of hydrogen-bond acceptors (Lipinski definition) is 6. The largest absolute Gasteiger partial charge is 0.376 e. The molecule has 4 heterocycles. The Hall–Kier alpha value is -2.05. The summed E-state index contributed by atoms with van der Waals surface area (Å²) in [7, 11) is 3.97. The molecular weight excluding hydrogens is 302 g/mol. The minimum atomic E-state index is -0.0104. The standard InChI is InChI=1S/C18H23N5O/c1-22(2)17-20-9-15-11-24-13-18(16(15)21-17)5-7-23(12-18)10-14-4-3-6-19-8-14/h3-4,6,8-9H,5,7,10-13H2,1-2H3. The Morgan fingerprint density at radius 1 is 1.33 bits per heavy atom. The zero-order valence-corrected chi connectivity index (χ0v) is 14.3. The maximum absolute atomic E-state index is 5.90. The molecule has 2 aliphatic heterocycles. The molecule has 6 nitrogen and oxygen atoms in total. The fourth-order valence-corrected chi connectivity index (χ4v) is 3.76. The molecule has 1 saturated heterocycles. The van der Waals surface area contributed by atoms with Crippen LogP contribution in [-0.4, -0.2) is 53.6 Å². The molecule has 1 unspecified atom stereocenters. The lowest BCUT2D eigenvalue weighted by Crippen LogP contribution is -2.40. The fraction of sp³-hybridized carbons (Fsp3) is 0.500. The predicted octanol–water partition coefficient (Wildman–Crippen LogP) is 1.61. The Morgan fingerprint density at radius 3 is 3.04 bits per heavy atom. The van der Waals surface area contributed by atoms with E-state index in [0.717, 1.165) is 44.2 Å². The quantitative estimate of drug-likeness (QED) is 0.855. The number of likely N-dealkylation sites (tertiary alicyclic amines) is 1. The van der Waals surface area contributed by atoms with Crippen LogP contribution in [0.4, 0.5) is 5.95 Å². The number of nitrogens with zero attached hydrogens (tertiary/aromatic N) is 5. The number of anilines is 1. The maximum Gasteiger partial charge on any atom is 0.225 e. The van der Waals surface area contributed by atoms with Crippen LogP contribution in [0.1, 0.15) is 23.2 Å². The molecule has 0 saturated carbocycles. The minimum Gasteiger partial charge on any atom is -0.376 e. The van der Waals surface area contributed by atoms with Crippen LogP contribution in [-0.2, 0) is 23.3 Å². The highest BCUT2D eigenvalue weighted by Crippen LogP contribution is 2.39. The first-order chi connectivity index (χ1) is 11.7. The Balaban J connectivity index is 1.60. The Kier molecular flexibility index (Phi) is 3.94. The lowest BCUT2D eigenvalue weighted by atomic mass is 9.80. The van der Waals surface area contributed by atoms with Crippen LogP contribution in [0, 0.1) is 0 Å². The van der Waals surface area contributed by atoms with E-state index in [4.69, 9.17) is 9.72 Å². The molecular formula is C18H23N5O. The molecule has 6 heteroatoms. The van der Waals surface area contributed by atoms with Crippen molar-refractivity contribution in [2.45, 2.75) is 25.0 Å².